The highest BCUT2D eigenvalue weighted by atomic mass is 35.5. The molecule has 0 unspecified atom stereocenters. The van der Waals surface area contributed by atoms with E-state index in [9.17, 15) is 9.59 Å². The van der Waals surface area contributed by atoms with Gasteiger partial charge >= 0.3 is 0 Å². The van der Waals surface area contributed by atoms with Gasteiger partial charge in [-0.15, -0.1) is 0 Å². The van der Waals surface area contributed by atoms with Crippen LogP contribution in [0, 0.1) is 5.92 Å². The Morgan fingerprint density at radius 2 is 1.70 bits per heavy atom. The van der Waals surface area contributed by atoms with Crippen molar-refractivity contribution in [1.29, 1.82) is 0 Å². The lowest BCUT2D eigenvalue weighted by Crippen LogP contribution is -2.49. The lowest BCUT2D eigenvalue weighted by atomic mass is 9.88. The Balaban J connectivity index is 1.59. The molecule has 0 atom stereocenters. The minimum atomic E-state index is -0.0810. The molecule has 4 rings (SSSR count). The SMILES string of the molecule is CC(C)Cn1c(SCC(=O)N(C2CCCCC2)C2CCCCC2)nc2ccc(Cl)cc2c1=O. The van der Waals surface area contributed by atoms with Crippen LogP contribution in [0.4, 0.5) is 0 Å². The first-order valence-electron chi connectivity index (χ1n) is 12.6. The summed E-state index contributed by atoms with van der Waals surface area (Å²) in [5, 5.41) is 1.69. The minimum absolute atomic E-state index is 0.0810. The number of aromatic nitrogens is 2. The Labute approximate surface area is 206 Å². The molecule has 1 heterocycles. The molecule has 0 bridgehead atoms. The van der Waals surface area contributed by atoms with E-state index >= 15 is 0 Å². The third-order valence-corrected chi connectivity index (χ3v) is 8.17. The average Bonchev–Trinajstić information content (AvgIpc) is 2.81. The van der Waals surface area contributed by atoms with Gasteiger partial charge in [0.2, 0.25) is 5.91 Å². The van der Waals surface area contributed by atoms with Gasteiger partial charge in [-0.1, -0.05) is 75.7 Å². The Morgan fingerprint density at radius 1 is 1.09 bits per heavy atom. The highest BCUT2D eigenvalue weighted by molar-refractivity contribution is 7.99. The van der Waals surface area contributed by atoms with Crippen LogP contribution in [0.1, 0.15) is 78.1 Å². The topological polar surface area (TPSA) is 55.2 Å². The van der Waals surface area contributed by atoms with Crippen LogP contribution in [0.25, 0.3) is 10.9 Å². The minimum Gasteiger partial charge on any atom is -0.336 e. The van der Waals surface area contributed by atoms with Gasteiger partial charge in [0.15, 0.2) is 5.16 Å². The van der Waals surface area contributed by atoms with Crippen LogP contribution in [0.15, 0.2) is 28.2 Å². The van der Waals surface area contributed by atoms with E-state index in [1.165, 1.54) is 50.3 Å². The molecule has 2 aromatic rings. The summed E-state index contributed by atoms with van der Waals surface area (Å²) in [6, 6.07) is 5.99. The van der Waals surface area contributed by atoms with E-state index < -0.39 is 0 Å². The van der Waals surface area contributed by atoms with E-state index in [-0.39, 0.29) is 17.4 Å². The predicted octanol–water partition coefficient (Wildman–Crippen LogP) is 6.29. The van der Waals surface area contributed by atoms with Crippen molar-refractivity contribution in [2.45, 2.75) is 102 Å². The highest BCUT2D eigenvalue weighted by Gasteiger charge is 2.32. The van der Waals surface area contributed by atoms with Crippen molar-refractivity contribution in [3.63, 3.8) is 0 Å². The molecule has 5 nitrogen and oxygen atoms in total. The summed E-state index contributed by atoms with van der Waals surface area (Å²) in [6.45, 7) is 4.74. The summed E-state index contributed by atoms with van der Waals surface area (Å²) in [6.07, 6.45) is 11.9. The van der Waals surface area contributed by atoms with Crippen molar-refractivity contribution in [1.82, 2.24) is 14.5 Å². The molecular formula is C26H36ClN3O2S. The van der Waals surface area contributed by atoms with Crippen molar-refractivity contribution in [2.75, 3.05) is 5.75 Å². The number of fused-ring (bicyclic) bond motifs is 1. The van der Waals surface area contributed by atoms with Crippen molar-refractivity contribution < 1.29 is 4.79 Å². The maximum absolute atomic E-state index is 13.6. The van der Waals surface area contributed by atoms with Crippen molar-refractivity contribution in [3.8, 4) is 0 Å². The molecule has 180 valence electrons. The summed E-state index contributed by atoms with van der Waals surface area (Å²) in [7, 11) is 0. The number of nitrogens with zero attached hydrogens (tertiary/aromatic N) is 3. The molecule has 0 saturated heterocycles. The third-order valence-electron chi connectivity index (χ3n) is 6.98. The Kier molecular flexibility index (Phi) is 8.39. The zero-order valence-corrected chi connectivity index (χ0v) is 21.5. The van der Waals surface area contributed by atoms with E-state index in [0.29, 0.717) is 45.5 Å². The van der Waals surface area contributed by atoms with E-state index in [1.54, 1.807) is 22.8 Å². The molecule has 33 heavy (non-hydrogen) atoms. The van der Waals surface area contributed by atoms with Crippen LogP contribution in [-0.4, -0.2) is 38.2 Å². The summed E-state index contributed by atoms with van der Waals surface area (Å²) in [4.78, 5) is 33.9. The number of hydrogen-bond donors (Lipinski definition) is 0. The lowest BCUT2D eigenvalue weighted by Gasteiger charge is -2.41. The molecule has 2 fully saturated rings. The summed E-state index contributed by atoms with van der Waals surface area (Å²) >= 11 is 7.56. The van der Waals surface area contributed by atoms with Gasteiger partial charge in [0.05, 0.1) is 16.7 Å². The summed E-state index contributed by atoms with van der Waals surface area (Å²) < 4.78 is 1.73. The van der Waals surface area contributed by atoms with Gasteiger partial charge in [-0.3, -0.25) is 14.2 Å². The van der Waals surface area contributed by atoms with Gasteiger partial charge in [0, 0.05) is 23.7 Å². The normalized spacial score (nSPS) is 18.2. The van der Waals surface area contributed by atoms with Crippen molar-refractivity contribution in [2.24, 2.45) is 5.92 Å². The smallest absolute Gasteiger partial charge is 0.262 e. The van der Waals surface area contributed by atoms with Crippen LogP contribution in [0.5, 0.6) is 0 Å². The van der Waals surface area contributed by atoms with E-state index in [1.807, 2.05) is 0 Å². The number of halogens is 1. The molecule has 0 radical (unpaired) electrons. The van der Waals surface area contributed by atoms with Crippen LogP contribution in [-0.2, 0) is 11.3 Å². The standard InChI is InChI=1S/C26H36ClN3O2S/c1-18(2)16-29-25(32)22-15-19(27)13-14-23(22)28-26(29)33-17-24(31)30(20-9-5-3-6-10-20)21-11-7-4-8-12-21/h13-15,18,20-21H,3-12,16-17H2,1-2H3. The second kappa shape index (κ2) is 11.3. The second-order valence-electron chi connectivity index (χ2n) is 10.0. The Hall–Kier alpha value is -1.53. The van der Waals surface area contributed by atoms with E-state index in [2.05, 4.69) is 18.7 Å². The van der Waals surface area contributed by atoms with Crippen LogP contribution in [0.3, 0.4) is 0 Å². The number of carbonyl (C=O) groups is 1. The third kappa shape index (κ3) is 5.94. The number of benzene rings is 1. The number of hydrogen-bond acceptors (Lipinski definition) is 4. The summed E-state index contributed by atoms with van der Waals surface area (Å²) in [5.41, 5.74) is 0.554. The first-order chi connectivity index (χ1) is 15.9. The quantitative estimate of drug-likeness (QED) is 0.338. The molecule has 2 aliphatic carbocycles. The molecule has 1 amide bonds. The fourth-order valence-corrected chi connectivity index (χ4v) is 6.48. The van der Waals surface area contributed by atoms with Gasteiger partial charge in [-0.05, 0) is 49.8 Å². The monoisotopic (exact) mass is 489 g/mol. The van der Waals surface area contributed by atoms with Crippen LogP contribution < -0.4 is 5.56 Å². The second-order valence-corrected chi connectivity index (χ2v) is 11.4. The lowest BCUT2D eigenvalue weighted by molar-refractivity contribution is -0.135. The van der Waals surface area contributed by atoms with Crippen LogP contribution >= 0.6 is 23.4 Å². The fourth-order valence-electron chi connectivity index (χ4n) is 5.43. The van der Waals surface area contributed by atoms with Crippen molar-refractivity contribution in [3.05, 3.63) is 33.6 Å². The molecule has 1 aromatic heterocycles. The largest absolute Gasteiger partial charge is 0.336 e. The van der Waals surface area contributed by atoms with Crippen molar-refractivity contribution >= 4 is 40.2 Å². The molecular weight excluding hydrogens is 454 g/mol. The maximum Gasteiger partial charge on any atom is 0.262 e. The van der Waals surface area contributed by atoms with Gasteiger partial charge in [0.25, 0.3) is 5.56 Å². The molecule has 0 N–H and O–H groups in total. The molecule has 2 aliphatic rings. The fraction of sp³-hybridized carbons (Fsp3) is 0.654. The molecule has 7 heteroatoms. The Bertz CT molecular complexity index is 1010. The van der Waals surface area contributed by atoms with Crippen LogP contribution in [0.2, 0.25) is 5.02 Å². The number of carbonyl (C=O) groups excluding carboxylic acids is 1. The number of thioether (sulfide) groups is 1. The molecule has 0 aliphatic heterocycles. The van der Waals surface area contributed by atoms with Gasteiger partial charge in [-0.2, -0.15) is 0 Å². The van der Waals surface area contributed by atoms with E-state index in [0.717, 1.165) is 25.7 Å². The van der Waals surface area contributed by atoms with E-state index in [4.69, 9.17) is 16.6 Å². The zero-order valence-electron chi connectivity index (χ0n) is 19.9. The number of rotatable bonds is 7. The van der Waals surface area contributed by atoms with Gasteiger partial charge in [-0.25, -0.2) is 4.98 Å². The average molecular weight is 490 g/mol. The predicted molar refractivity (Wildman–Crippen MR) is 137 cm³/mol. The highest BCUT2D eigenvalue weighted by Crippen LogP contribution is 2.31. The summed E-state index contributed by atoms with van der Waals surface area (Å²) in [5.74, 6) is 0.828. The molecule has 2 saturated carbocycles. The van der Waals surface area contributed by atoms with Gasteiger partial charge < -0.3 is 4.90 Å². The zero-order chi connectivity index (χ0) is 23.4. The molecule has 0 spiro atoms. The first-order valence-corrected chi connectivity index (χ1v) is 13.9. The number of amides is 1. The maximum atomic E-state index is 13.6. The molecule has 1 aromatic carbocycles. The first kappa shape index (κ1) is 24.6. The Morgan fingerprint density at radius 3 is 2.27 bits per heavy atom. The van der Waals surface area contributed by atoms with Gasteiger partial charge in [0.1, 0.15) is 0 Å².